The van der Waals surface area contributed by atoms with Gasteiger partial charge in [0.1, 0.15) is 6.04 Å². The summed E-state index contributed by atoms with van der Waals surface area (Å²) in [6, 6.07) is 0.282. The summed E-state index contributed by atoms with van der Waals surface area (Å²) in [5.41, 5.74) is 0. The summed E-state index contributed by atoms with van der Waals surface area (Å²) < 4.78 is 10.0. The molecule has 2 unspecified atom stereocenters. The van der Waals surface area contributed by atoms with Crippen molar-refractivity contribution in [2.24, 2.45) is 0 Å². The van der Waals surface area contributed by atoms with Gasteiger partial charge in [0, 0.05) is 19.2 Å². The molecule has 5 heteroatoms. The third-order valence-electron chi connectivity index (χ3n) is 3.13. The Morgan fingerprint density at radius 1 is 1.69 bits per heavy atom. The van der Waals surface area contributed by atoms with Crippen LogP contribution in [0.2, 0.25) is 0 Å². The smallest absolute Gasteiger partial charge is 0.322 e. The quantitative estimate of drug-likeness (QED) is 0.644. The van der Waals surface area contributed by atoms with Crippen LogP contribution in [0.3, 0.4) is 0 Å². The molecule has 0 bridgehead atoms. The van der Waals surface area contributed by atoms with E-state index in [1.165, 1.54) is 7.11 Å². The van der Waals surface area contributed by atoms with Crippen molar-refractivity contribution in [2.75, 3.05) is 41.0 Å². The van der Waals surface area contributed by atoms with E-state index in [1.54, 1.807) is 7.05 Å². The first-order chi connectivity index (χ1) is 7.69. The maximum Gasteiger partial charge on any atom is 0.322 e. The van der Waals surface area contributed by atoms with Crippen LogP contribution in [0.4, 0.5) is 0 Å². The van der Waals surface area contributed by atoms with Crippen molar-refractivity contribution in [1.82, 2.24) is 10.2 Å². The first kappa shape index (κ1) is 13.4. The standard InChI is InChI=1S/C11H22N2O3/c1-12-10(11(14)15-3)4-6-13(2)9-5-7-16-8-9/h9-10,12H,4-8H2,1-3H3. The second kappa shape index (κ2) is 6.83. The van der Waals surface area contributed by atoms with Crippen molar-refractivity contribution in [1.29, 1.82) is 0 Å². The van der Waals surface area contributed by atoms with E-state index in [9.17, 15) is 4.79 Å². The van der Waals surface area contributed by atoms with Gasteiger partial charge in [0.2, 0.25) is 0 Å². The van der Waals surface area contributed by atoms with Crippen LogP contribution in [0, 0.1) is 0 Å². The number of ether oxygens (including phenoxy) is 2. The van der Waals surface area contributed by atoms with Crippen molar-refractivity contribution < 1.29 is 14.3 Å². The molecule has 0 aromatic heterocycles. The Kier molecular flexibility index (Phi) is 5.73. The number of hydrogen-bond donors (Lipinski definition) is 1. The number of esters is 1. The van der Waals surface area contributed by atoms with E-state index in [0.717, 1.165) is 32.6 Å². The van der Waals surface area contributed by atoms with Crippen molar-refractivity contribution in [3.63, 3.8) is 0 Å². The summed E-state index contributed by atoms with van der Waals surface area (Å²) in [5.74, 6) is -0.196. The lowest BCUT2D eigenvalue weighted by Crippen LogP contribution is -2.40. The lowest BCUT2D eigenvalue weighted by molar-refractivity contribution is -0.143. The predicted octanol–water partition coefficient (Wildman–Crippen LogP) is -0.142. The van der Waals surface area contributed by atoms with E-state index in [2.05, 4.69) is 17.3 Å². The summed E-state index contributed by atoms with van der Waals surface area (Å²) in [6.07, 6.45) is 1.84. The van der Waals surface area contributed by atoms with Gasteiger partial charge in [-0.1, -0.05) is 0 Å². The van der Waals surface area contributed by atoms with Crippen LogP contribution in [0.5, 0.6) is 0 Å². The predicted molar refractivity (Wildman–Crippen MR) is 61.3 cm³/mol. The minimum absolute atomic E-state index is 0.196. The fourth-order valence-electron chi connectivity index (χ4n) is 1.91. The second-order valence-corrected chi connectivity index (χ2v) is 4.15. The third-order valence-corrected chi connectivity index (χ3v) is 3.13. The molecule has 0 aromatic carbocycles. The Bertz CT molecular complexity index is 217. The molecule has 16 heavy (non-hydrogen) atoms. The molecular formula is C11H22N2O3. The Morgan fingerprint density at radius 2 is 2.44 bits per heavy atom. The van der Waals surface area contributed by atoms with Gasteiger partial charge in [0.25, 0.3) is 0 Å². The van der Waals surface area contributed by atoms with Gasteiger partial charge in [-0.05, 0) is 26.9 Å². The Labute approximate surface area is 97.1 Å². The van der Waals surface area contributed by atoms with Crippen molar-refractivity contribution in [3.8, 4) is 0 Å². The Hall–Kier alpha value is -0.650. The fourth-order valence-corrected chi connectivity index (χ4v) is 1.91. The van der Waals surface area contributed by atoms with Gasteiger partial charge in [-0.15, -0.1) is 0 Å². The summed E-state index contributed by atoms with van der Waals surface area (Å²) in [4.78, 5) is 13.6. The van der Waals surface area contributed by atoms with E-state index < -0.39 is 0 Å². The van der Waals surface area contributed by atoms with Gasteiger partial charge in [0.05, 0.1) is 13.7 Å². The van der Waals surface area contributed by atoms with Crippen molar-refractivity contribution in [2.45, 2.75) is 24.9 Å². The molecule has 1 heterocycles. The zero-order valence-corrected chi connectivity index (χ0v) is 10.4. The number of carbonyl (C=O) groups excluding carboxylic acids is 1. The summed E-state index contributed by atoms with van der Waals surface area (Å²) in [5, 5.41) is 2.97. The van der Waals surface area contributed by atoms with E-state index in [-0.39, 0.29) is 12.0 Å². The van der Waals surface area contributed by atoms with E-state index in [0.29, 0.717) is 6.04 Å². The number of nitrogens with one attached hydrogen (secondary N) is 1. The monoisotopic (exact) mass is 230 g/mol. The normalized spacial score (nSPS) is 22.4. The number of methoxy groups -OCH3 is 1. The van der Waals surface area contributed by atoms with Crippen LogP contribution < -0.4 is 5.32 Å². The largest absolute Gasteiger partial charge is 0.468 e. The zero-order chi connectivity index (χ0) is 12.0. The second-order valence-electron chi connectivity index (χ2n) is 4.15. The van der Waals surface area contributed by atoms with Gasteiger partial charge in [-0.3, -0.25) is 4.79 Å². The molecule has 0 spiro atoms. The molecule has 0 radical (unpaired) electrons. The molecular weight excluding hydrogens is 208 g/mol. The van der Waals surface area contributed by atoms with Gasteiger partial charge < -0.3 is 19.7 Å². The van der Waals surface area contributed by atoms with Crippen molar-refractivity contribution in [3.05, 3.63) is 0 Å². The Balaban J connectivity index is 2.28. The molecule has 0 amide bonds. The highest BCUT2D eigenvalue weighted by Crippen LogP contribution is 2.11. The average molecular weight is 230 g/mol. The minimum Gasteiger partial charge on any atom is -0.468 e. The molecule has 1 N–H and O–H groups in total. The minimum atomic E-state index is -0.213. The van der Waals surface area contributed by atoms with Gasteiger partial charge in [-0.25, -0.2) is 0 Å². The SMILES string of the molecule is CNC(CCN(C)C1CCOC1)C(=O)OC. The van der Waals surface area contributed by atoms with Gasteiger partial charge >= 0.3 is 5.97 Å². The average Bonchev–Trinajstić information content (AvgIpc) is 2.82. The van der Waals surface area contributed by atoms with Crippen LogP contribution in [-0.4, -0.2) is 63.9 Å². The van der Waals surface area contributed by atoms with Crippen LogP contribution in [0.1, 0.15) is 12.8 Å². The lowest BCUT2D eigenvalue weighted by atomic mass is 10.1. The zero-order valence-electron chi connectivity index (χ0n) is 10.4. The first-order valence-corrected chi connectivity index (χ1v) is 5.72. The topological polar surface area (TPSA) is 50.8 Å². The molecule has 1 saturated heterocycles. The Morgan fingerprint density at radius 3 is 2.94 bits per heavy atom. The molecule has 0 aromatic rings. The highest BCUT2D eigenvalue weighted by molar-refractivity contribution is 5.75. The van der Waals surface area contributed by atoms with Crippen LogP contribution in [-0.2, 0) is 14.3 Å². The maximum absolute atomic E-state index is 11.3. The fraction of sp³-hybridized carbons (Fsp3) is 0.909. The molecule has 1 aliphatic rings. The summed E-state index contributed by atoms with van der Waals surface area (Å²) in [7, 11) is 5.27. The van der Waals surface area contributed by atoms with Crippen molar-refractivity contribution >= 4 is 5.97 Å². The van der Waals surface area contributed by atoms with E-state index >= 15 is 0 Å². The highest BCUT2D eigenvalue weighted by atomic mass is 16.5. The third kappa shape index (κ3) is 3.73. The summed E-state index contributed by atoms with van der Waals surface area (Å²) >= 11 is 0. The molecule has 1 aliphatic heterocycles. The molecule has 0 aliphatic carbocycles. The molecule has 5 nitrogen and oxygen atoms in total. The van der Waals surface area contributed by atoms with E-state index in [1.807, 2.05) is 0 Å². The van der Waals surface area contributed by atoms with Crippen LogP contribution in [0.25, 0.3) is 0 Å². The first-order valence-electron chi connectivity index (χ1n) is 5.72. The number of likely N-dealkylation sites (N-methyl/N-ethyl adjacent to an activating group) is 2. The van der Waals surface area contributed by atoms with Crippen LogP contribution >= 0.6 is 0 Å². The molecule has 1 fully saturated rings. The molecule has 0 saturated carbocycles. The summed E-state index contributed by atoms with van der Waals surface area (Å²) in [6.45, 7) is 2.52. The number of nitrogens with zero attached hydrogens (tertiary/aromatic N) is 1. The van der Waals surface area contributed by atoms with Gasteiger partial charge in [-0.2, -0.15) is 0 Å². The molecule has 94 valence electrons. The number of hydrogen-bond acceptors (Lipinski definition) is 5. The highest BCUT2D eigenvalue weighted by Gasteiger charge is 2.22. The van der Waals surface area contributed by atoms with E-state index in [4.69, 9.17) is 9.47 Å². The molecule has 1 rings (SSSR count). The van der Waals surface area contributed by atoms with Gasteiger partial charge in [0.15, 0.2) is 0 Å². The molecule has 2 atom stereocenters. The lowest BCUT2D eigenvalue weighted by Gasteiger charge is -2.24. The number of carbonyl (C=O) groups is 1. The number of rotatable bonds is 6. The maximum atomic E-state index is 11.3. The van der Waals surface area contributed by atoms with Crippen LogP contribution in [0.15, 0.2) is 0 Å².